The fourth-order valence-electron chi connectivity index (χ4n) is 2.83. The van der Waals surface area contributed by atoms with Crippen molar-refractivity contribution in [3.8, 4) is 0 Å². The number of hydrogen-bond donors (Lipinski definition) is 0. The monoisotopic (exact) mass is 197 g/mol. The maximum absolute atomic E-state index is 2.45. The van der Waals surface area contributed by atoms with Crippen molar-refractivity contribution >= 4 is 0 Å². The highest BCUT2D eigenvalue weighted by Gasteiger charge is 2.25. The standard InChI is InChI=1S/C13H27N/c1-11(2)10-13(14(3)4)12-8-6-5-7-9-12/h11-13H,5-10H2,1-4H3. The van der Waals surface area contributed by atoms with E-state index in [4.69, 9.17) is 0 Å². The largest absolute Gasteiger partial charge is 0.306 e. The van der Waals surface area contributed by atoms with E-state index in [1.165, 1.54) is 38.5 Å². The van der Waals surface area contributed by atoms with Crippen LogP contribution in [0.15, 0.2) is 0 Å². The fourth-order valence-corrected chi connectivity index (χ4v) is 2.83. The number of hydrogen-bond acceptors (Lipinski definition) is 1. The van der Waals surface area contributed by atoms with E-state index in [9.17, 15) is 0 Å². The normalized spacial score (nSPS) is 21.9. The molecule has 1 fully saturated rings. The lowest BCUT2D eigenvalue weighted by Gasteiger charge is -2.36. The summed E-state index contributed by atoms with van der Waals surface area (Å²) in [5.74, 6) is 1.81. The third kappa shape index (κ3) is 3.61. The molecular weight excluding hydrogens is 170 g/mol. The van der Waals surface area contributed by atoms with Crippen LogP contribution < -0.4 is 0 Å². The number of rotatable bonds is 4. The second-order valence-electron chi connectivity index (χ2n) is 5.56. The van der Waals surface area contributed by atoms with Crippen LogP contribution in [0, 0.1) is 11.8 Å². The first-order valence-corrected chi connectivity index (χ1v) is 6.27. The maximum Gasteiger partial charge on any atom is 0.0120 e. The minimum atomic E-state index is 0.829. The van der Waals surface area contributed by atoms with Crippen LogP contribution in [0.4, 0.5) is 0 Å². The van der Waals surface area contributed by atoms with Crippen molar-refractivity contribution in [2.45, 2.75) is 58.4 Å². The van der Waals surface area contributed by atoms with Crippen molar-refractivity contribution in [1.82, 2.24) is 4.90 Å². The molecule has 14 heavy (non-hydrogen) atoms. The molecule has 0 aromatic rings. The van der Waals surface area contributed by atoms with Gasteiger partial charge in [0.05, 0.1) is 0 Å². The van der Waals surface area contributed by atoms with Crippen molar-refractivity contribution < 1.29 is 0 Å². The zero-order valence-corrected chi connectivity index (χ0v) is 10.4. The van der Waals surface area contributed by atoms with Gasteiger partial charge in [-0.3, -0.25) is 0 Å². The topological polar surface area (TPSA) is 3.24 Å². The van der Waals surface area contributed by atoms with Crippen LogP contribution in [0.1, 0.15) is 52.4 Å². The first kappa shape index (κ1) is 12.0. The Morgan fingerprint density at radius 2 is 1.64 bits per heavy atom. The van der Waals surface area contributed by atoms with Crippen LogP contribution in [0.2, 0.25) is 0 Å². The Balaban J connectivity index is 2.47. The van der Waals surface area contributed by atoms with Crippen LogP contribution in [0.3, 0.4) is 0 Å². The van der Waals surface area contributed by atoms with E-state index in [-0.39, 0.29) is 0 Å². The van der Waals surface area contributed by atoms with Gasteiger partial charge in [0, 0.05) is 6.04 Å². The van der Waals surface area contributed by atoms with Crippen LogP contribution in [-0.4, -0.2) is 25.0 Å². The van der Waals surface area contributed by atoms with E-state index in [1.54, 1.807) is 0 Å². The van der Waals surface area contributed by atoms with Crippen molar-refractivity contribution in [3.63, 3.8) is 0 Å². The molecule has 1 rings (SSSR count). The number of nitrogens with zero attached hydrogens (tertiary/aromatic N) is 1. The van der Waals surface area contributed by atoms with Gasteiger partial charge in [-0.05, 0) is 45.2 Å². The highest BCUT2D eigenvalue weighted by Crippen LogP contribution is 2.31. The minimum Gasteiger partial charge on any atom is -0.306 e. The molecule has 84 valence electrons. The van der Waals surface area contributed by atoms with Gasteiger partial charge in [0.2, 0.25) is 0 Å². The molecule has 0 heterocycles. The summed E-state index contributed by atoms with van der Waals surface area (Å²) in [5.41, 5.74) is 0. The molecule has 0 aromatic carbocycles. The summed E-state index contributed by atoms with van der Waals surface area (Å²) in [6.07, 6.45) is 8.71. The van der Waals surface area contributed by atoms with Crippen LogP contribution in [0.25, 0.3) is 0 Å². The fraction of sp³-hybridized carbons (Fsp3) is 1.00. The molecule has 0 radical (unpaired) electrons. The van der Waals surface area contributed by atoms with E-state index in [2.05, 4.69) is 32.8 Å². The Labute approximate surface area is 89.9 Å². The van der Waals surface area contributed by atoms with E-state index < -0.39 is 0 Å². The van der Waals surface area contributed by atoms with Gasteiger partial charge in [-0.25, -0.2) is 0 Å². The zero-order chi connectivity index (χ0) is 10.6. The summed E-state index contributed by atoms with van der Waals surface area (Å²) in [4.78, 5) is 2.45. The van der Waals surface area contributed by atoms with Gasteiger partial charge in [-0.15, -0.1) is 0 Å². The second-order valence-corrected chi connectivity index (χ2v) is 5.56. The predicted octanol–water partition coefficient (Wildman–Crippen LogP) is 3.54. The lowest BCUT2D eigenvalue weighted by molar-refractivity contribution is 0.147. The Morgan fingerprint density at radius 3 is 2.07 bits per heavy atom. The molecule has 1 heteroatoms. The Kier molecular flexibility index (Phi) is 4.94. The van der Waals surface area contributed by atoms with Gasteiger partial charge in [0.15, 0.2) is 0 Å². The van der Waals surface area contributed by atoms with E-state index in [1.807, 2.05) is 0 Å². The Bertz CT molecular complexity index is 145. The van der Waals surface area contributed by atoms with E-state index in [0.29, 0.717) is 0 Å². The molecule has 0 N–H and O–H groups in total. The summed E-state index contributed by atoms with van der Waals surface area (Å²) >= 11 is 0. The highest BCUT2D eigenvalue weighted by atomic mass is 15.1. The van der Waals surface area contributed by atoms with E-state index in [0.717, 1.165) is 17.9 Å². The SMILES string of the molecule is CC(C)CC(C1CCCCC1)N(C)C. The van der Waals surface area contributed by atoms with Crippen molar-refractivity contribution in [2.75, 3.05) is 14.1 Å². The van der Waals surface area contributed by atoms with Crippen molar-refractivity contribution in [3.05, 3.63) is 0 Å². The zero-order valence-electron chi connectivity index (χ0n) is 10.4. The van der Waals surface area contributed by atoms with Crippen LogP contribution >= 0.6 is 0 Å². The third-order valence-corrected chi connectivity index (χ3v) is 3.57. The minimum absolute atomic E-state index is 0.829. The van der Waals surface area contributed by atoms with Crippen LogP contribution in [0.5, 0.6) is 0 Å². The molecule has 1 unspecified atom stereocenters. The summed E-state index contributed by atoms with van der Waals surface area (Å²) in [5, 5.41) is 0. The predicted molar refractivity (Wildman–Crippen MR) is 63.5 cm³/mol. The summed E-state index contributed by atoms with van der Waals surface area (Å²) < 4.78 is 0. The molecular formula is C13H27N. The van der Waals surface area contributed by atoms with Crippen molar-refractivity contribution in [2.24, 2.45) is 11.8 Å². The van der Waals surface area contributed by atoms with Gasteiger partial charge in [-0.1, -0.05) is 33.1 Å². The average Bonchev–Trinajstić information content (AvgIpc) is 2.15. The summed E-state index contributed by atoms with van der Waals surface area (Å²) in [7, 11) is 4.50. The second kappa shape index (κ2) is 5.75. The molecule has 0 saturated heterocycles. The first-order chi connectivity index (χ1) is 6.61. The van der Waals surface area contributed by atoms with Crippen molar-refractivity contribution in [1.29, 1.82) is 0 Å². The molecule has 1 atom stereocenters. The molecule has 0 spiro atoms. The maximum atomic E-state index is 2.45. The summed E-state index contributed by atoms with van der Waals surface area (Å²) in [6, 6.07) is 0.829. The lowest BCUT2D eigenvalue weighted by Crippen LogP contribution is -2.37. The average molecular weight is 197 g/mol. The van der Waals surface area contributed by atoms with Crippen LogP contribution in [-0.2, 0) is 0 Å². The van der Waals surface area contributed by atoms with E-state index >= 15 is 0 Å². The highest BCUT2D eigenvalue weighted by molar-refractivity contribution is 4.79. The van der Waals surface area contributed by atoms with Gasteiger partial charge < -0.3 is 4.90 Å². The third-order valence-electron chi connectivity index (χ3n) is 3.57. The Hall–Kier alpha value is -0.0400. The quantitative estimate of drug-likeness (QED) is 0.666. The summed E-state index contributed by atoms with van der Waals surface area (Å²) in [6.45, 7) is 4.69. The van der Waals surface area contributed by atoms with Gasteiger partial charge >= 0.3 is 0 Å². The molecule has 1 saturated carbocycles. The lowest BCUT2D eigenvalue weighted by atomic mass is 9.80. The van der Waals surface area contributed by atoms with Gasteiger partial charge in [0.25, 0.3) is 0 Å². The van der Waals surface area contributed by atoms with Gasteiger partial charge in [-0.2, -0.15) is 0 Å². The molecule has 0 amide bonds. The first-order valence-electron chi connectivity index (χ1n) is 6.27. The molecule has 0 aromatic heterocycles. The Morgan fingerprint density at radius 1 is 1.07 bits per heavy atom. The van der Waals surface area contributed by atoms with Gasteiger partial charge in [0.1, 0.15) is 0 Å². The molecule has 1 nitrogen and oxygen atoms in total. The molecule has 0 aliphatic heterocycles. The molecule has 1 aliphatic carbocycles. The molecule has 1 aliphatic rings. The molecule has 0 bridgehead atoms. The smallest absolute Gasteiger partial charge is 0.0120 e.